The molecule has 4 rings (SSSR count). The number of aromatic nitrogens is 3. The molecule has 0 atom stereocenters. The fourth-order valence-electron chi connectivity index (χ4n) is 4.17. The summed E-state index contributed by atoms with van der Waals surface area (Å²) in [6, 6.07) is 6.32. The number of nitrogens with zero attached hydrogens (tertiary/aromatic N) is 5. The van der Waals surface area contributed by atoms with Gasteiger partial charge in [0.1, 0.15) is 0 Å². The van der Waals surface area contributed by atoms with Crippen molar-refractivity contribution in [2.24, 2.45) is 0 Å². The molecule has 2 aliphatic heterocycles. The van der Waals surface area contributed by atoms with Crippen LogP contribution in [0, 0.1) is 6.92 Å². The van der Waals surface area contributed by atoms with Gasteiger partial charge in [-0.05, 0) is 50.6 Å². The van der Waals surface area contributed by atoms with Crippen molar-refractivity contribution in [2.75, 3.05) is 50.7 Å². The van der Waals surface area contributed by atoms with Gasteiger partial charge in [0.15, 0.2) is 0 Å². The summed E-state index contributed by atoms with van der Waals surface area (Å²) < 4.78 is 0. The fraction of sp³-hybridized carbons (Fsp3) is 0.550. The molecule has 2 saturated heterocycles. The maximum absolute atomic E-state index is 4.82. The largest absolute Gasteiger partial charge is 0.338 e. The van der Waals surface area contributed by atoms with E-state index in [-0.39, 0.29) is 5.41 Å². The van der Waals surface area contributed by atoms with Crippen molar-refractivity contribution >= 4 is 5.95 Å². The number of rotatable bonds is 4. The molecule has 138 valence electrons. The summed E-state index contributed by atoms with van der Waals surface area (Å²) in [4.78, 5) is 18.5. The van der Waals surface area contributed by atoms with Gasteiger partial charge in [0.2, 0.25) is 5.95 Å². The Balaban J connectivity index is 1.45. The minimum absolute atomic E-state index is 0.171. The Morgan fingerprint density at radius 3 is 2.38 bits per heavy atom. The molecule has 6 heteroatoms. The van der Waals surface area contributed by atoms with Crippen LogP contribution in [0.2, 0.25) is 0 Å². The SMILES string of the molecule is Cc1ccc(C2(CN3CCN(c4ncccn4)CC3)CCNCC2)nc1. The van der Waals surface area contributed by atoms with Crippen LogP contribution in [-0.2, 0) is 5.41 Å². The number of nitrogens with one attached hydrogen (secondary N) is 1. The predicted molar refractivity (Wildman–Crippen MR) is 103 cm³/mol. The summed E-state index contributed by atoms with van der Waals surface area (Å²) in [5, 5.41) is 3.52. The summed E-state index contributed by atoms with van der Waals surface area (Å²) in [7, 11) is 0. The first-order valence-electron chi connectivity index (χ1n) is 9.63. The zero-order chi connectivity index (χ0) is 17.8. The maximum atomic E-state index is 4.82. The highest BCUT2D eigenvalue weighted by molar-refractivity contribution is 5.29. The van der Waals surface area contributed by atoms with Crippen molar-refractivity contribution < 1.29 is 0 Å². The Kier molecular flexibility index (Phi) is 5.13. The van der Waals surface area contributed by atoms with Crippen molar-refractivity contribution in [3.05, 3.63) is 48.0 Å². The summed E-state index contributed by atoms with van der Waals surface area (Å²) in [5.41, 5.74) is 2.66. The molecule has 0 bridgehead atoms. The van der Waals surface area contributed by atoms with Crippen LogP contribution in [0.4, 0.5) is 5.95 Å². The average Bonchev–Trinajstić information content (AvgIpc) is 2.70. The normalized spacial score (nSPS) is 20.9. The summed E-state index contributed by atoms with van der Waals surface area (Å²) >= 11 is 0. The van der Waals surface area contributed by atoms with Crippen LogP contribution >= 0.6 is 0 Å². The number of hydrogen-bond acceptors (Lipinski definition) is 6. The van der Waals surface area contributed by atoms with E-state index < -0.39 is 0 Å². The molecule has 0 spiro atoms. The van der Waals surface area contributed by atoms with Crippen molar-refractivity contribution in [1.29, 1.82) is 0 Å². The minimum atomic E-state index is 0.171. The van der Waals surface area contributed by atoms with Crippen molar-refractivity contribution in [3.63, 3.8) is 0 Å². The number of hydrogen-bond donors (Lipinski definition) is 1. The topological polar surface area (TPSA) is 57.2 Å². The van der Waals surface area contributed by atoms with Crippen LogP contribution in [0.5, 0.6) is 0 Å². The Hall–Kier alpha value is -2.05. The molecule has 4 heterocycles. The van der Waals surface area contributed by atoms with Crippen molar-refractivity contribution in [2.45, 2.75) is 25.2 Å². The lowest BCUT2D eigenvalue weighted by Gasteiger charge is -2.43. The van der Waals surface area contributed by atoms with Crippen LogP contribution in [0.3, 0.4) is 0 Å². The molecule has 0 amide bonds. The molecule has 0 saturated carbocycles. The molecule has 6 nitrogen and oxygen atoms in total. The van der Waals surface area contributed by atoms with E-state index >= 15 is 0 Å². The summed E-state index contributed by atoms with van der Waals surface area (Å²) in [5.74, 6) is 0.851. The quantitative estimate of drug-likeness (QED) is 0.902. The first-order valence-corrected chi connectivity index (χ1v) is 9.63. The van der Waals surface area contributed by atoms with Crippen LogP contribution in [0.1, 0.15) is 24.1 Å². The number of aryl methyl sites for hydroxylation is 1. The van der Waals surface area contributed by atoms with E-state index in [1.54, 1.807) is 0 Å². The molecular weight excluding hydrogens is 324 g/mol. The van der Waals surface area contributed by atoms with E-state index in [1.165, 1.54) is 11.3 Å². The highest BCUT2D eigenvalue weighted by Gasteiger charge is 2.37. The lowest BCUT2D eigenvalue weighted by molar-refractivity contribution is 0.163. The number of piperazine rings is 1. The molecule has 2 aromatic rings. The smallest absolute Gasteiger partial charge is 0.225 e. The van der Waals surface area contributed by atoms with E-state index in [0.29, 0.717) is 0 Å². The first-order chi connectivity index (χ1) is 12.8. The number of pyridine rings is 1. The van der Waals surface area contributed by atoms with Crippen LogP contribution in [-0.4, -0.2) is 65.7 Å². The molecular formula is C20H28N6. The Bertz CT molecular complexity index is 688. The van der Waals surface area contributed by atoms with Gasteiger partial charge in [0, 0.05) is 62.4 Å². The third kappa shape index (κ3) is 3.71. The summed E-state index contributed by atoms with van der Waals surface area (Å²) in [6.45, 7) is 9.43. The van der Waals surface area contributed by atoms with Gasteiger partial charge in [0.25, 0.3) is 0 Å². The zero-order valence-electron chi connectivity index (χ0n) is 15.6. The zero-order valence-corrected chi connectivity index (χ0v) is 15.6. The third-order valence-electron chi connectivity index (χ3n) is 5.75. The van der Waals surface area contributed by atoms with Crippen molar-refractivity contribution in [1.82, 2.24) is 25.2 Å². The lowest BCUT2D eigenvalue weighted by Crippen LogP contribution is -2.54. The Morgan fingerprint density at radius 1 is 1.00 bits per heavy atom. The van der Waals surface area contributed by atoms with Gasteiger partial charge in [-0.3, -0.25) is 9.88 Å². The molecule has 2 aromatic heterocycles. The second-order valence-corrected chi connectivity index (χ2v) is 7.56. The molecule has 2 aliphatic rings. The number of piperidine rings is 1. The summed E-state index contributed by atoms with van der Waals surface area (Å²) in [6.07, 6.45) is 7.98. The lowest BCUT2D eigenvalue weighted by atomic mass is 9.75. The molecule has 0 radical (unpaired) electrons. The average molecular weight is 352 g/mol. The van der Waals surface area contributed by atoms with Gasteiger partial charge in [-0.25, -0.2) is 9.97 Å². The molecule has 0 aromatic carbocycles. The monoisotopic (exact) mass is 352 g/mol. The molecule has 2 fully saturated rings. The predicted octanol–water partition coefficient (Wildman–Crippen LogP) is 1.62. The molecule has 0 aliphatic carbocycles. The second kappa shape index (κ2) is 7.68. The van der Waals surface area contributed by atoms with E-state index in [1.807, 2.05) is 24.7 Å². The fourth-order valence-corrected chi connectivity index (χ4v) is 4.17. The van der Waals surface area contributed by atoms with E-state index in [4.69, 9.17) is 4.98 Å². The van der Waals surface area contributed by atoms with Gasteiger partial charge in [-0.2, -0.15) is 0 Å². The van der Waals surface area contributed by atoms with Crippen LogP contribution in [0.25, 0.3) is 0 Å². The van der Waals surface area contributed by atoms with Gasteiger partial charge in [-0.15, -0.1) is 0 Å². The van der Waals surface area contributed by atoms with Crippen molar-refractivity contribution in [3.8, 4) is 0 Å². The highest BCUT2D eigenvalue weighted by Crippen LogP contribution is 2.33. The standard InChI is InChI=1S/C20H28N6/c1-17-3-4-18(24-15-17)20(5-9-21-10-6-20)16-25-11-13-26(14-12-25)19-22-7-2-8-23-19/h2-4,7-8,15,21H,5-6,9-14,16H2,1H3. The van der Waals surface area contributed by atoms with Gasteiger partial charge >= 0.3 is 0 Å². The maximum Gasteiger partial charge on any atom is 0.225 e. The van der Waals surface area contributed by atoms with Gasteiger partial charge in [-0.1, -0.05) is 6.07 Å². The van der Waals surface area contributed by atoms with Crippen LogP contribution < -0.4 is 10.2 Å². The molecule has 26 heavy (non-hydrogen) atoms. The Labute approximate surface area is 155 Å². The highest BCUT2D eigenvalue weighted by atomic mass is 15.3. The first kappa shape index (κ1) is 17.4. The molecule has 1 N–H and O–H groups in total. The van der Waals surface area contributed by atoms with E-state index in [2.05, 4.69) is 44.1 Å². The van der Waals surface area contributed by atoms with Gasteiger partial charge in [0.05, 0.1) is 0 Å². The van der Waals surface area contributed by atoms with E-state index in [0.717, 1.165) is 64.6 Å². The minimum Gasteiger partial charge on any atom is -0.338 e. The molecule has 0 unspecified atom stereocenters. The third-order valence-corrected chi connectivity index (χ3v) is 5.75. The number of anilines is 1. The Morgan fingerprint density at radius 2 is 1.73 bits per heavy atom. The van der Waals surface area contributed by atoms with Gasteiger partial charge < -0.3 is 10.2 Å². The van der Waals surface area contributed by atoms with E-state index in [9.17, 15) is 0 Å². The second-order valence-electron chi connectivity index (χ2n) is 7.56. The van der Waals surface area contributed by atoms with Crippen LogP contribution in [0.15, 0.2) is 36.8 Å².